The van der Waals surface area contributed by atoms with Gasteiger partial charge >= 0.3 is 6.36 Å². The number of rotatable bonds is 4. The number of piperazine rings is 1. The van der Waals surface area contributed by atoms with Gasteiger partial charge in [0.15, 0.2) is 0 Å². The number of hydrogen-bond donors (Lipinski definition) is 1. The quantitative estimate of drug-likeness (QED) is 0.631. The third-order valence-electron chi connectivity index (χ3n) is 4.91. The number of hydrogen-bond acceptors (Lipinski definition) is 3. The summed E-state index contributed by atoms with van der Waals surface area (Å²) in [5, 5.41) is 3.31. The molecule has 1 aliphatic carbocycles. The Morgan fingerprint density at radius 1 is 1.12 bits per heavy atom. The first-order valence-corrected chi connectivity index (χ1v) is 9.23. The summed E-state index contributed by atoms with van der Waals surface area (Å²) in [7, 11) is 0. The lowest BCUT2D eigenvalue weighted by Gasteiger charge is -2.39. The fourth-order valence-electron chi connectivity index (χ4n) is 3.95. The number of benzene rings is 1. The third kappa shape index (κ3) is 6.16. The summed E-state index contributed by atoms with van der Waals surface area (Å²) in [4.78, 5) is 2.32. The fraction of sp³-hybridized carbons (Fsp3) is 0.647. The van der Waals surface area contributed by atoms with Crippen molar-refractivity contribution >= 4 is 40.7 Å². The molecule has 1 saturated heterocycles. The Balaban J connectivity index is 0.00000169. The second-order valence-electron chi connectivity index (χ2n) is 6.51. The molecule has 0 radical (unpaired) electrons. The molecule has 0 spiro atoms. The monoisotopic (exact) mass is 478 g/mol. The molecule has 0 bridgehead atoms. The van der Waals surface area contributed by atoms with Gasteiger partial charge in [0.05, 0.1) is 0 Å². The van der Waals surface area contributed by atoms with Crippen LogP contribution < -0.4 is 10.1 Å². The highest BCUT2D eigenvalue weighted by molar-refractivity contribution is 9.10. The van der Waals surface area contributed by atoms with Gasteiger partial charge in [0.2, 0.25) is 0 Å². The number of alkyl halides is 3. The first-order chi connectivity index (χ1) is 11.4. The maximum atomic E-state index is 12.8. The first-order valence-electron chi connectivity index (χ1n) is 8.44. The van der Waals surface area contributed by atoms with Gasteiger partial charge in [-0.15, -0.1) is 38.0 Å². The van der Waals surface area contributed by atoms with E-state index in [1.807, 2.05) is 0 Å². The molecule has 26 heavy (non-hydrogen) atoms. The van der Waals surface area contributed by atoms with Crippen molar-refractivity contribution in [3.05, 3.63) is 28.2 Å². The SMILES string of the molecule is Cl.Cl.FC(F)(F)Oc1ccc(Br)cc1[C@@H](C1CCCC1)N1CCNCC1. The van der Waals surface area contributed by atoms with Gasteiger partial charge in [-0.25, -0.2) is 0 Å². The molecular formula is C17H24BrCl2F3N2O. The van der Waals surface area contributed by atoms with E-state index >= 15 is 0 Å². The Morgan fingerprint density at radius 2 is 1.73 bits per heavy atom. The van der Waals surface area contributed by atoms with Gasteiger partial charge in [-0.05, 0) is 37.0 Å². The Kier molecular flexibility index (Phi) is 9.50. The molecule has 1 aliphatic heterocycles. The van der Waals surface area contributed by atoms with Gasteiger partial charge in [0, 0.05) is 42.3 Å². The van der Waals surface area contributed by atoms with E-state index < -0.39 is 6.36 Å². The van der Waals surface area contributed by atoms with Crippen LogP contribution in [0.3, 0.4) is 0 Å². The number of nitrogens with zero attached hydrogens (tertiary/aromatic N) is 1. The zero-order valence-electron chi connectivity index (χ0n) is 14.2. The molecule has 0 amide bonds. The van der Waals surface area contributed by atoms with Crippen molar-refractivity contribution in [1.82, 2.24) is 10.2 Å². The molecule has 2 aliphatic rings. The van der Waals surface area contributed by atoms with Crippen LogP contribution in [0.1, 0.15) is 37.3 Å². The van der Waals surface area contributed by atoms with E-state index in [1.54, 1.807) is 12.1 Å². The van der Waals surface area contributed by atoms with Crippen LogP contribution in [-0.2, 0) is 0 Å². The van der Waals surface area contributed by atoms with E-state index in [-0.39, 0.29) is 36.6 Å². The Labute approximate surface area is 173 Å². The van der Waals surface area contributed by atoms with E-state index in [0.717, 1.165) is 56.3 Å². The second-order valence-corrected chi connectivity index (χ2v) is 7.42. The van der Waals surface area contributed by atoms with Crippen molar-refractivity contribution < 1.29 is 17.9 Å². The molecule has 1 heterocycles. The molecule has 150 valence electrons. The first kappa shape index (κ1) is 23.8. The predicted molar refractivity (Wildman–Crippen MR) is 104 cm³/mol. The van der Waals surface area contributed by atoms with E-state index in [4.69, 9.17) is 0 Å². The Bertz CT molecular complexity index is 565. The van der Waals surface area contributed by atoms with Gasteiger partial charge in [-0.2, -0.15) is 0 Å². The van der Waals surface area contributed by atoms with Gasteiger partial charge in [0.1, 0.15) is 5.75 Å². The van der Waals surface area contributed by atoms with Crippen molar-refractivity contribution in [2.45, 2.75) is 38.1 Å². The average Bonchev–Trinajstić information content (AvgIpc) is 3.04. The molecule has 1 atom stereocenters. The normalized spacial score (nSPS) is 20.2. The maximum absolute atomic E-state index is 12.8. The Hall–Kier alpha value is -0.210. The lowest BCUT2D eigenvalue weighted by Crippen LogP contribution is -2.46. The minimum atomic E-state index is -4.67. The molecule has 3 nitrogen and oxygen atoms in total. The number of nitrogens with one attached hydrogen (secondary N) is 1. The van der Waals surface area contributed by atoms with Crippen molar-refractivity contribution in [3.63, 3.8) is 0 Å². The molecule has 3 rings (SSSR count). The lowest BCUT2D eigenvalue weighted by molar-refractivity contribution is -0.275. The summed E-state index contributed by atoms with van der Waals surface area (Å²) < 4.78 is 43.7. The van der Waals surface area contributed by atoms with Crippen LogP contribution in [0, 0.1) is 5.92 Å². The zero-order chi connectivity index (χ0) is 17.2. The minimum Gasteiger partial charge on any atom is -0.405 e. The molecule has 0 unspecified atom stereocenters. The number of ether oxygens (including phenoxy) is 1. The molecule has 0 aromatic heterocycles. The molecule has 9 heteroatoms. The summed E-state index contributed by atoms with van der Waals surface area (Å²) >= 11 is 3.41. The summed E-state index contributed by atoms with van der Waals surface area (Å²) in [5.41, 5.74) is 0.649. The van der Waals surface area contributed by atoms with Crippen LogP contribution in [0.2, 0.25) is 0 Å². The van der Waals surface area contributed by atoms with Gasteiger partial charge in [-0.3, -0.25) is 4.90 Å². The highest BCUT2D eigenvalue weighted by Gasteiger charge is 2.37. The van der Waals surface area contributed by atoms with Crippen molar-refractivity contribution in [3.8, 4) is 5.75 Å². The van der Waals surface area contributed by atoms with Gasteiger partial charge in [0.25, 0.3) is 0 Å². The van der Waals surface area contributed by atoms with Crippen LogP contribution in [-0.4, -0.2) is 37.4 Å². The van der Waals surface area contributed by atoms with Crippen LogP contribution in [0.5, 0.6) is 5.75 Å². The van der Waals surface area contributed by atoms with E-state index in [2.05, 4.69) is 30.9 Å². The highest BCUT2D eigenvalue weighted by atomic mass is 79.9. The van der Waals surface area contributed by atoms with Gasteiger partial charge < -0.3 is 10.1 Å². The highest BCUT2D eigenvalue weighted by Crippen LogP contribution is 2.44. The lowest BCUT2D eigenvalue weighted by atomic mass is 9.89. The maximum Gasteiger partial charge on any atom is 0.573 e. The second kappa shape index (κ2) is 10.4. The summed E-state index contributed by atoms with van der Waals surface area (Å²) in [6.45, 7) is 3.43. The largest absolute Gasteiger partial charge is 0.573 e. The zero-order valence-corrected chi connectivity index (χ0v) is 17.4. The number of halogens is 6. The van der Waals surface area contributed by atoms with Crippen molar-refractivity contribution in [2.24, 2.45) is 5.92 Å². The predicted octanol–water partition coefficient (Wildman–Crippen LogP) is 5.33. The Morgan fingerprint density at radius 3 is 2.31 bits per heavy atom. The van der Waals surface area contributed by atoms with Crippen LogP contribution >= 0.6 is 40.7 Å². The standard InChI is InChI=1S/C17H22BrF3N2O.2ClH/c18-13-5-6-15(24-17(19,20)21)14(11-13)16(12-3-1-2-4-12)23-9-7-22-8-10-23;;/h5-6,11-12,16,22H,1-4,7-10H2;2*1H/t16-;;/m1../s1. The van der Waals surface area contributed by atoms with Crippen molar-refractivity contribution in [2.75, 3.05) is 26.2 Å². The summed E-state index contributed by atoms with van der Waals surface area (Å²) in [6, 6.07) is 4.81. The minimum absolute atomic E-state index is 0. The van der Waals surface area contributed by atoms with E-state index in [9.17, 15) is 13.2 Å². The summed E-state index contributed by atoms with van der Waals surface area (Å²) in [6.07, 6.45) is -0.251. The molecule has 1 aromatic carbocycles. The van der Waals surface area contributed by atoms with E-state index in [0.29, 0.717) is 11.5 Å². The topological polar surface area (TPSA) is 24.5 Å². The third-order valence-corrected chi connectivity index (χ3v) is 5.40. The molecular weight excluding hydrogens is 456 g/mol. The fourth-order valence-corrected chi connectivity index (χ4v) is 4.33. The average molecular weight is 480 g/mol. The molecule has 1 saturated carbocycles. The van der Waals surface area contributed by atoms with E-state index in [1.165, 1.54) is 6.07 Å². The molecule has 1 N–H and O–H groups in total. The van der Waals surface area contributed by atoms with Crippen molar-refractivity contribution in [1.29, 1.82) is 0 Å². The van der Waals surface area contributed by atoms with Gasteiger partial charge in [-0.1, -0.05) is 28.8 Å². The smallest absolute Gasteiger partial charge is 0.405 e. The summed E-state index contributed by atoms with van der Waals surface area (Å²) in [5.74, 6) is 0.314. The van der Waals surface area contributed by atoms with Crippen LogP contribution in [0.15, 0.2) is 22.7 Å². The van der Waals surface area contributed by atoms with Crippen LogP contribution in [0.4, 0.5) is 13.2 Å². The molecule has 1 aromatic rings. The van der Waals surface area contributed by atoms with Crippen LogP contribution in [0.25, 0.3) is 0 Å². The molecule has 2 fully saturated rings.